The number of nitrogens with one attached hydrogen (secondary N) is 1. The number of nitrogens with two attached hydrogens (primary N) is 2. The normalized spacial score (nSPS) is 18.6. The van der Waals surface area contributed by atoms with Crippen molar-refractivity contribution in [2.75, 3.05) is 23.7 Å². The Morgan fingerprint density at radius 1 is 1.19 bits per heavy atom. The molecular formula is C14H20N4O2S. The molecule has 0 aromatic carbocycles. The summed E-state index contributed by atoms with van der Waals surface area (Å²) in [5.74, 6) is -0.749. The number of rotatable bonds is 4. The number of nitrogen functional groups attached to an aromatic ring is 1. The Hall–Kier alpha value is -1.76. The van der Waals surface area contributed by atoms with E-state index in [0.717, 1.165) is 43.8 Å². The fraction of sp³-hybridized carbons (Fsp3) is 0.571. The molecule has 0 unspecified atom stereocenters. The van der Waals surface area contributed by atoms with Crippen molar-refractivity contribution in [2.24, 2.45) is 5.73 Å². The zero-order valence-electron chi connectivity index (χ0n) is 11.9. The van der Waals surface area contributed by atoms with Gasteiger partial charge in [-0.1, -0.05) is 0 Å². The van der Waals surface area contributed by atoms with Crippen molar-refractivity contribution in [3.05, 3.63) is 10.4 Å². The maximum Gasteiger partial charge on any atom is 0.263 e. The molecule has 2 heterocycles. The van der Waals surface area contributed by atoms with Crippen molar-refractivity contribution in [3.63, 3.8) is 0 Å². The minimum Gasteiger partial charge on any atom is -0.397 e. The fourth-order valence-corrected chi connectivity index (χ4v) is 3.82. The van der Waals surface area contributed by atoms with Gasteiger partial charge in [-0.25, -0.2) is 0 Å². The number of hydrogen-bond donors (Lipinski definition) is 3. The van der Waals surface area contributed by atoms with Crippen LogP contribution in [-0.2, 0) is 0 Å². The molecule has 1 aromatic heterocycles. The summed E-state index contributed by atoms with van der Waals surface area (Å²) in [4.78, 5) is 26.5. The van der Waals surface area contributed by atoms with Gasteiger partial charge in [-0.05, 0) is 32.1 Å². The molecule has 0 bridgehead atoms. The SMILES string of the molecule is NC(=O)c1c(N2CCCCC2)sc(C(=O)NC2CC2)c1N. The Balaban J connectivity index is 1.93. The summed E-state index contributed by atoms with van der Waals surface area (Å²) in [6, 6.07) is 0.259. The van der Waals surface area contributed by atoms with Gasteiger partial charge in [-0.3, -0.25) is 9.59 Å². The van der Waals surface area contributed by atoms with Crippen LogP contribution >= 0.6 is 11.3 Å². The van der Waals surface area contributed by atoms with Crippen molar-refractivity contribution in [1.82, 2.24) is 5.32 Å². The molecule has 21 heavy (non-hydrogen) atoms. The monoisotopic (exact) mass is 308 g/mol. The summed E-state index contributed by atoms with van der Waals surface area (Å²) in [5, 5.41) is 3.66. The summed E-state index contributed by atoms with van der Waals surface area (Å²) in [6.45, 7) is 1.76. The van der Waals surface area contributed by atoms with Crippen molar-refractivity contribution in [2.45, 2.75) is 38.1 Å². The number of amides is 2. The lowest BCUT2D eigenvalue weighted by molar-refractivity contribution is 0.0955. The summed E-state index contributed by atoms with van der Waals surface area (Å²) >= 11 is 1.29. The number of carbonyl (C=O) groups is 2. The van der Waals surface area contributed by atoms with Crippen LogP contribution in [0.1, 0.15) is 52.1 Å². The highest BCUT2D eigenvalue weighted by molar-refractivity contribution is 7.19. The highest BCUT2D eigenvalue weighted by atomic mass is 32.1. The van der Waals surface area contributed by atoms with Gasteiger partial charge in [-0.15, -0.1) is 11.3 Å². The van der Waals surface area contributed by atoms with E-state index in [4.69, 9.17) is 11.5 Å². The highest BCUT2D eigenvalue weighted by Gasteiger charge is 2.30. The van der Waals surface area contributed by atoms with E-state index in [1.165, 1.54) is 17.8 Å². The van der Waals surface area contributed by atoms with Crippen LogP contribution < -0.4 is 21.7 Å². The molecule has 1 aliphatic carbocycles. The average molecular weight is 308 g/mol. The third kappa shape index (κ3) is 2.83. The molecule has 114 valence electrons. The van der Waals surface area contributed by atoms with Gasteiger partial charge in [-0.2, -0.15) is 0 Å². The van der Waals surface area contributed by atoms with E-state index >= 15 is 0 Å². The van der Waals surface area contributed by atoms with Gasteiger partial charge >= 0.3 is 0 Å². The summed E-state index contributed by atoms with van der Waals surface area (Å²) in [5.41, 5.74) is 12.0. The van der Waals surface area contributed by atoms with Gasteiger partial charge in [0, 0.05) is 19.1 Å². The quantitative estimate of drug-likeness (QED) is 0.780. The molecule has 1 aliphatic heterocycles. The van der Waals surface area contributed by atoms with E-state index in [9.17, 15) is 9.59 Å². The lowest BCUT2D eigenvalue weighted by Gasteiger charge is -2.28. The van der Waals surface area contributed by atoms with Crippen molar-refractivity contribution in [1.29, 1.82) is 0 Å². The van der Waals surface area contributed by atoms with Gasteiger partial charge in [0.2, 0.25) is 0 Å². The fourth-order valence-electron chi connectivity index (χ4n) is 2.64. The molecule has 2 aliphatic rings. The van der Waals surface area contributed by atoms with E-state index in [-0.39, 0.29) is 17.6 Å². The van der Waals surface area contributed by atoms with E-state index in [1.54, 1.807) is 0 Å². The summed E-state index contributed by atoms with van der Waals surface area (Å²) in [7, 11) is 0. The standard InChI is InChI=1S/C14H20N4O2S/c15-10-9(12(16)19)14(18-6-2-1-3-7-18)21-11(10)13(20)17-8-4-5-8/h8H,1-7,15H2,(H2,16,19)(H,17,20). The number of nitrogens with zero attached hydrogens (tertiary/aromatic N) is 1. The maximum absolute atomic E-state index is 12.2. The van der Waals surface area contributed by atoms with Gasteiger partial charge in [0.15, 0.2) is 0 Å². The number of primary amides is 1. The molecule has 7 heteroatoms. The molecule has 0 radical (unpaired) electrons. The molecule has 1 saturated carbocycles. The second-order valence-electron chi connectivity index (χ2n) is 5.68. The first kappa shape index (κ1) is 14.2. The first-order valence-corrected chi connectivity index (χ1v) is 8.17. The number of piperidine rings is 1. The highest BCUT2D eigenvalue weighted by Crippen LogP contribution is 2.39. The molecule has 2 fully saturated rings. The first-order valence-electron chi connectivity index (χ1n) is 7.36. The minimum absolute atomic E-state index is 0.189. The van der Waals surface area contributed by atoms with Crippen LogP contribution in [0, 0.1) is 0 Å². The van der Waals surface area contributed by atoms with Gasteiger partial charge in [0.05, 0.1) is 11.3 Å². The molecule has 0 spiro atoms. The lowest BCUT2D eigenvalue weighted by Crippen LogP contribution is -2.30. The molecule has 5 N–H and O–H groups in total. The largest absolute Gasteiger partial charge is 0.397 e. The van der Waals surface area contributed by atoms with Crippen LogP contribution in [0.15, 0.2) is 0 Å². The van der Waals surface area contributed by atoms with Crippen LogP contribution in [0.5, 0.6) is 0 Å². The average Bonchev–Trinajstić information content (AvgIpc) is 3.20. The van der Waals surface area contributed by atoms with E-state index in [1.807, 2.05) is 0 Å². The molecule has 1 saturated heterocycles. The molecule has 0 atom stereocenters. The first-order chi connectivity index (χ1) is 10.1. The van der Waals surface area contributed by atoms with E-state index < -0.39 is 5.91 Å². The molecule has 1 aromatic rings. The van der Waals surface area contributed by atoms with Gasteiger partial charge in [0.25, 0.3) is 11.8 Å². The van der Waals surface area contributed by atoms with E-state index in [2.05, 4.69) is 10.2 Å². The Bertz CT molecular complexity index is 574. The number of hydrogen-bond acceptors (Lipinski definition) is 5. The Morgan fingerprint density at radius 2 is 1.86 bits per heavy atom. The lowest BCUT2D eigenvalue weighted by atomic mass is 10.1. The zero-order chi connectivity index (χ0) is 15.0. The topological polar surface area (TPSA) is 101 Å². The summed E-state index contributed by atoms with van der Waals surface area (Å²) in [6.07, 6.45) is 5.38. The molecule has 6 nitrogen and oxygen atoms in total. The molecule has 3 rings (SSSR count). The Kier molecular flexibility index (Phi) is 3.75. The predicted molar refractivity (Wildman–Crippen MR) is 83.8 cm³/mol. The van der Waals surface area contributed by atoms with Crippen LogP contribution in [-0.4, -0.2) is 30.9 Å². The van der Waals surface area contributed by atoms with Crippen molar-refractivity contribution in [3.8, 4) is 0 Å². The van der Waals surface area contributed by atoms with Crippen LogP contribution in [0.2, 0.25) is 0 Å². The number of carbonyl (C=O) groups excluding carboxylic acids is 2. The maximum atomic E-state index is 12.2. The number of anilines is 2. The van der Waals surface area contributed by atoms with Crippen LogP contribution in [0.4, 0.5) is 10.7 Å². The third-order valence-corrected chi connectivity index (χ3v) is 5.20. The van der Waals surface area contributed by atoms with Gasteiger partial charge in [0.1, 0.15) is 9.88 Å². The predicted octanol–water partition coefficient (Wildman–Crippen LogP) is 1.31. The second-order valence-corrected chi connectivity index (χ2v) is 6.68. The molecule has 2 amide bonds. The van der Waals surface area contributed by atoms with Crippen LogP contribution in [0.25, 0.3) is 0 Å². The second kappa shape index (κ2) is 5.55. The van der Waals surface area contributed by atoms with Crippen molar-refractivity contribution >= 4 is 33.8 Å². The van der Waals surface area contributed by atoms with E-state index in [0.29, 0.717) is 10.4 Å². The van der Waals surface area contributed by atoms with Crippen molar-refractivity contribution < 1.29 is 9.59 Å². The smallest absolute Gasteiger partial charge is 0.263 e. The third-order valence-electron chi connectivity index (χ3n) is 3.94. The minimum atomic E-state index is -0.560. The van der Waals surface area contributed by atoms with Gasteiger partial charge < -0.3 is 21.7 Å². The zero-order valence-corrected chi connectivity index (χ0v) is 12.7. The molecular weight excluding hydrogens is 288 g/mol. The summed E-state index contributed by atoms with van der Waals surface area (Å²) < 4.78 is 0. The Labute approximate surface area is 127 Å². The number of thiophene rings is 1. The van der Waals surface area contributed by atoms with Crippen LogP contribution in [0.3, 0.4) is 0 Å². The Morgan fingerprint density at radius 3 is 2.43 bits per heavy atom.